The van der Waals surface area contributed by atoms with Crippen LogP contribution in [0, 0.1) is 56.7 Å². The summed E-state index contributed by atoms with van der Waals surface area (Å²) in [6.07, 6.45) is 23.5. The van der Waals surface area contributed by atoms with Crippen molar-refractivity contribution in [2.24, 2.45) is 56.7 Å². The zero-order valence-electron chi connectivity index (χ0n) is 28.3. The van der Waals surface area contributed by atoms with Crippen molar-refractivity contribution in [3.63, 3.8) is 0 Å². The van der Waals surface area contributed by atoms with Crippen molar-refractivity contribution in [1.82, 2.24) is 0 Å². The zero-order valence-corrected chi connectivity index (χ0v) is 28.3. The summed E-state index contributed by atoms with van der Waals surface area (Å²) in [6, 6.07) is 0. The molecule has 5 aliphatic carbocycles. The third kappa shape index (κ3) is 5.15. The van der Waals surface area contributed by atoms with E-state index in [2.05, 4.69) is 55.0 Å². The largest absolute Gasteiger partial charge is 0.378 e. The van der Waals surface area contributed by atoms with Crippen molar-refractivity contribution < 1.29 is 9.53 Å². The number of carbonyl (C=O) groups excluding carboxylic acids is 1. The fourth-order valence-electron chi connectivity index (χ4n) is 13.0. The number of unbranched alkanes of at least 4 members (excludes halogenated alkanes) is 6. The summed E-state index contributed by atoms with van der Waals surface area (Å²) >= 11 is 0. The highest BCUT2D eigenvalue weighted by atomic mass is 16.5. The van der Waals surface area contributed by atoms with Crippen LogP contribution in [-0.4, -0.2) is 19.0 Å². The average Bonchev–Trinajstić information content (AvgIpc) is 3.27. The SMILES string of the molecule is C=C(C)[C@@H]1CC[C@]2(C)CC[C@]3(C)[C@@H](CC[C@H]4[C@@]5(C)CC[C@@H](OCCCCCCCCC=O)C(C)(C)[C@H]5CC[C@]43C)[C@H]12. The van der Waals surface area contributed by atoms with Crippen LogP contribution in [0.4, 0.5) is 0 Å². The van der Waals surface area contributed by atoms with E-state index in [9.17, 15) is 4.79 Å². The minimum absolute atomic E-state index is 0.253. The predicted molar refractivity (Wildman–Crippen MR) is 173 cm³/mol. The molecule has 0 amide bonds. The maximum Gasteiger partial charge on any atom is 0.119 e. The normalized spacial score (nSPS) is 46.6. The van der Waals surface area contributed by atoms with Gasteiger partial charge in [0.1, 0.15) is 6.29 Å². The van der Waals surface area contributed by atoms with E-state index in [1.807, 2.05) is 0 Å². The Balaban J connectivity index is 1.25. The zero-order chi connectivity index (χ0) is 29.7. The smallest absolute Gasteiger partial charge is 0.119 e. The first-order valence-corrected chi connectivity index (χ1v) is 18.1. The van der Waals surface area contributed by atoms with Gasteiger partial charge in [0.2, 0.25) is 0 Å². The van der Waals surface area contributed by atoms with Crippen molar-refractivity contribution >= 4 is 6.29 Å². The highest BCUT2D eigenvalue weighted by Crippen LogP contribution is 2.77. The lowest BCUT2D eigenvalue weighted by Gasteiger charge is -2.73. The molecule has 5 fully saturated rings. The molecule has 5 saturated carbocycles. The maximum atomic E-state index is 10.5. The number of hydrogen-bond donors (Lipinski definition) is 0. The third-order valence-corrected chi connectivity index (χ3v) is 15.5. The Kier molecular flexibility index (Phi) is 9.07. The molecular weight excluding hydrogens is 500 g/mol. The molecule has 5 aliphatic rings. The fraction of sp³-hybridized carbons (Fsp3) is 0.923. The van der Waals surface area contributed by atoms with E-state index in [-0.39, 0.29) is 5.41 Å². The molecule has 0 radical (unpaired) electrons. The monoisotopic (exact) mass is 567 g/mol. The van der Waals surface area contributed by atoms with Gasteiger partial charge in [0.25, 0.3) is 0 Å². The van der Waals surface area contributed by atoms with Crippen LogP contribution in [0.3, 0.4) is 0 Å². The lowest BCUT2D eigenvalue weighted by Crippen LogP contribution is -2.66. The summed E-state index contributed by atoms with van der Waals surface area (Å²) in [5, 5.41) is 0. The van der Waals surface area contributed by atoms with Gasteiger partial charge < -0.3 is 9.53 Å². The molecule has 0 aromatic rings. The Morgan fingerprint density at radius 1 is 0.756 bits per heavy atom. The van der Waals surface area contributed by atoms with Crippen LogP contribution in [-0.2, 0) is 9.53 Å². The highest BCUT2D eigenvalue weighted by Gasteiger charge is 2.70. The van der Waals surface area contributed by atoms with Crippen molar-refractivity contribution in [2.45, 2.75) is 164 Å². The van der Waals surface area contributed by atoms with Gasteiger partial charge in [-0.1, -0.05) is 79.4 Å². The lowest BCUT2D eigenvalue weighted by molar-refractivity contribution is -0.250. The minimum Gasteiger partial charge on any atom is -0.378 e. The number of hydrogen-bond acceptors (Lipinski definition) is 2. The van der Waals surface area contributed by atoms with Gasteiger partial charge in [0.15, 0.2) is 0 Å². The van der Waals surface area contributed by atoms with Gasteiger partial charge in [-0.2, -0.15) is 0 Å². The second kappa shape index (κ2) is 11.7. The van der Waals surface area contributed by atoms with E-state index in [0.29, 0.717) is 27.8 Å². The molecular formula is C39H66O2. The molecule has 0 unspecified atom stereocenters. The first-order valence-electron chi connectivity index (χ1n) is 18.1. The van der Waals surface area contributed by atoms with Crippen molar-refractivity contribution in [1.29, 1.82) is 0 Å². The van der Waals surface area contributed by atoms with E-state index in [1.54, 1.807) is 0 Å². The van der Waals surface area contributed by atoms with Gasteiger partial charge in [-0.3, -0.25) is 0 Å². The molecule has 0 spiro atoms. The first kappa shape index (κ1) is 31.8. The maximum absolute atomic E-state index is 10.5. The lowest BCUT2D eigenvalue weighted by atomic mass is 9.32. The summed E-state index contributed by atoms with van der Waals surface area (Å²) in [5.41, 5.74) is 3.64. The molecule has 0 saturated heterocycles. The molecule has 2 nitrogen and oxygen atoms in total. The van der Waals surface area contributed by atoms with Crippen LogP contribution in [0.5, 0.6) is 0 Å². The van der Waals surface area contributed by atoms with Crippen LogP contribution in [0.15, 0.2) is 12.2 Å². The summed E-state index contributed by atoms with van der Waals surface area (Å²) in [7, 11) is 0. The second-order valence-electron chi connectivity index (χ2n) is 17.6. The summed E-state index contributed by atoms with van der Waals surface area (Å²) < 4.78 is 6.74. The van der Waals surface area contributed by atoms with E-state index >= 15 is 0 Å². The summed E-state index contributed by atoms with van der Waals surface area (Å²) in [5.74, 6) is 4.12. The Hall–Kier alpha value is -0.630. The number of rotatable bonds is 11. The minimum atomic E-state index is 0.253. The molecule has 0 aromatic heterocycles. The molecule has 0 aliphatic heterocycles. The van der Waals surface area contributed by atoms with Crippen LogP contribution in [0.1, 0.15) is 158 Å². The van der Waals surface area contributed by atoms with Crippen molar-refractivity contribution in [3.8, 4) is 0 Å². The highest BCUT2D eigenvalue weighted by molar-refractivity contribution is 5.48. The van der Waals surface area contributed by atoms with Gasteiger partial charge in [0.05, 0.1) is 6.10 Å². The standard InChI is InChI=1S/C39H66O2/c1-28(2)29-18-21-36(5)24-25-38(7)30(34(29)36)16-17-32-37(6)22-20-33(35(3,4)31(37)19-23-39(32,38)8)41-27-15-13-11-9-10-12-14-26-40/h26,29-34H,1,9-25,27H2,2-8H3/t29-,30-,31+,32-,33+,34-,36+,37-,38+,39+/m0/s1. The third-order valence-electron chi connectivity index (χ3n) is 15.5. The van der Waals surface area contributed by atoms with Crippen molar-refractivity contribution in [2.75, 3.05) is 6.61 Å². The number of carbonyl (C=O) groups is 1. The number of aldehydes is 1. The molecule has 234 valence electrons. The fourth-order valence-corrected chi connectivity index (χ4v) is 13.0. The quantitative estimate of drug-likeness (QED) is 0.141. The van der Waals surface area contributed by atoms with E-state index < -0.39 is 0 Å². The average molecular weight is 567 g/mol. The van der Waals surface area contributed by atoms with Crippen LogP contribution in [0.2, 0.25) is 0 Å². The van der Waals surface area contributed by atoms with Gasteiger partial charge in [-0.05, 0) is 141 Å². The molecule has 0 heterocycles. The van der Waals surface area contributed by atoms with Gasteiger partial charge in [0, 0.05) is 13.0 Å². The molecule has 2 heteroatoms. The molecule has 0 aromatic carbocycles. The predicted octanol–water partition coefficient (Wildman–Crippen LogP) is 11.0. The van der Waals surface area contributed by atoms with Crippen LogP contribution in [0.25, 0.3) is 0 Å². The Morgan fingerprint density at radius 2 is 1.46 bits per heavy atom. The molecule has 0 bridgehead atoms. The molecule has 5 rings (SSSR count). The Labute approximate surface area is 254 Å². The van der Waals surface area contributed by atoms with Crippen LogP contribution < -0.4 is 0 Å². The van der Waals surface area contributed by atoms with Crippen molar-refractivity contribution in [3.05, 3.63) is 12.2 Å². The van der Waals surface area contributed by atoms with Gasteiger partial charge in [-0.25, -0.2) is 0 Å². The molecule has 41 heavy (non-hydrogen) atoms. The topological polar surface area (TPSA) is 26.3 Å². The summed E-state index contributed by atoms with van der Waals surface area (Å²) in [6.45, 7) is 23.9. The van der Waals surface area contributed by atoms with Gasteiger partial charge >= 0.3 is 0 Å². The first-order chi connectivity index (χ1) is 19.3. The number of ether oxygens (including phenoxy) is 1. The van der Waals surface area contributed by atoms with Gasteiger partial charge in [-0.15, -0.1) is 0 Å². The van der Waals surface area contributed by atoms with Crippen LogP contribution >= 0.6 is 0 Å². The Bertz CT molecular complexity index is 951. The Morgan fingerprint density at radius 3 is 2.17 bits per heavy atom. The number of fused-ring (bicyclic) bond motifs is 7. The van der Waals surface area contributed by atoms with E-state index in [4.69, 9.17) is 4.74 Å². The molecule has 0 N–H and O–H groups in total. The molecule has 10 atom stereocenters. The van der Waals surface area contributed by atoms with E-state index in [0.717, 1.165) is 55.3 Å². The number of allylic oxidation sites excluding steroid dienone is 1. The second-order valence-corrected chi connectivity index (χ2v) is 17.6. The summed E-state index contributed by atoms with van der Waals surface area (Å²) in [4.78, 5) is 10.5. The van der Waals surface area contributed by atoms with E-state index in [1.165, 1.54) is 102 Å².